The molecule has 0 spiro atoms. The Morgan fingerprint density at radius 2 is 2.21 bits per heavy atom. The first kappa shape index (κ1) is 8.71. The van der Waals surface area contributed by atoms with Crippen LogP contribution < -0.4 is 4.57 Å². The molecular weight excluding hydrogens is 214 g/mol. The molecule has 3 rings (SSSR count). The minimum Gasteiger partial charge on any atom is -0.386 e. The number of hydrogen-bond donors (Lipinski definition) is 1. The van der Waals surface area contributed by atoms with Gasteiger partial charge in [-0.1, -0.05) is 23.5 Å². The van der Waals surface area contributed by atoms with E-state index in [2.05, 4.69) is 22.8 Å². The second-order valence-corrected chi connectivity index (χ2v) is 5.71. The predicted octanol–water partition coefficient (Wildman–Crippen LogP) is 1.66. The molecule has 1 aliphatic heterocycles. The Morgan fingerprint density at radius 1 is 1.36 bits per heavy atom. The lowest BCUT2D eigenvalue weighted by Crippen LogP contribution is -2.44. The van der Waals surface area contributed by atoms with Crippen LogP contribution >= 0.6 is 23.1 Å². The summed E-state index contributed by atoms with van der Waals surface area (Å²) < 4.78 is 4.85. The molecule has 14 heavy (non-hydrogen) atoms. The summed E-state index contributed by atoms with van der Waals surface area (Å²) in [6.45, 7) is 0.742. The topological polar surface area (TPSA) is 24.1 Å². The number of thioether (sulfide) groups is 1. The van der Waals surface area contributed by atoms with Gasteiger partial charge >= 0.3 is 0 Å². The Balaban J connectivity index is 2.25. The molecule has 0 fully saturated rings. The standard InChI is InChI=1S/C10H10NOS2/c12-7-5-11-8-3-1-2-4-9(8)14-10(11)13-6-7/h1-4,7,12H,5-6H2/q+1. The molecule has 2 nitrogen and oxygen atoms in total. The molecule has 1 N–H and O–H groups in total. The highest BCUT2D eigenvalue weighted by atomic mass is 32.2. The van der Waals surface area contributed by atoms with E-state index in [1.807, 2.05) is 17.4 Å². The number of fused-ring (bicyclic) bond motifs is 3. The van der Waals surface area contributed by atoms with Crippen LogP contribution in [-0.2, 0) is 6.54 Å². The molecule has 4 heteroatoms. The molecule has 0 saturated heterocycles. The van der Waals surface area contributed by atoms with Crippen molar-refractivity contribution in [2.45, 2.75) is 17.0 Å². The average molecular weight is 224 g/mol. The number of rotatable bonds is 0. The fraction of sp³-hybridized carbons (Fsp3) is 0.300. The largest absolute Gasteiger partial charge is 0.386 e. The van der Waals surface area contributed by atoms with E-state index in [0.717, 1.165) is 12.3 Å². The highest BCUT2D eigenvalue weighted by Crippen LogP contribution is 2.30. The first-order valence-corrected chi connectivity index (χ1v) is 6.37. The number of para-hydroxylation sites is 1. The van der Waals surface area contributed by atoms with E-state index >= 15 is 0 Å². The molecule has 1 aromatic heterocycles. The number of thiazole rings is 1. The summed E-state index contributed by atoms with van der Waals surface area (Å²) in [6.07, 6.45) is -0.199. The van der Waals surface area contributed by atoms with E-state index in [4.69, 9.17) is 0 Å². The minimum atomic E-state index is -0.199. The third-order valence-electron chi connectivity index (χ3n) is 2.37. The van der Waals surface area contributed by atoms with Crippen LogP contribution in [0.5, 0.6) is 0 Å². The van der Waals surface area contributed by atoms with Crippen molar-refractivity contribution in [3.05, 3.63) is 24.3 Å². The fourth-order valence-electron chi connectivity index (χ4n) is 1.73. The van der Waals surface area contributed by atoms with Crippen LogP contribution in [0.2, 0.25) is 0 Å². The number of nitrogens with zero attached hydrogens (tertiary/aromatic N) is 1. The lowest BCUT2D eigenvalue weighted by atomic mass is 10.3. The van der Waals surface area contributed by atoms with Gasteiger partial charge in [0.25, 0.3) is 4.34 Å². The van der Waals surface area contributed by atoms with Crippen molar-refractivity contribution >= 4 is 33.3 Å². The van der Waals surface area contributed by atoms with Gasteiger partial charge in [0.15, 0.2) is 6.54 Å². The Bertz CT molecular complexity index is 480. The molecular formula is C10H10NOS2+. The normalized spacial score (nSPS) is 21.1. The van der Waals surface area contributed by atoms with Crippen LogP contribution in [0.15, 0.2) is 28.6 Å². The van der Waals surface area contributed by atoms with Gasteiger partial charge < -0.3 is 5.11 Å². The number of aromatic nitrogens is 1. The van der Waals surface area contributed by atoms with Gasteiger partial charge in [-0.2, -0.15) is 4.57 Å². The van der Waals surface area contributed by atoms with Gasteiger partial charge in [0, 0.05) is 11.8 Å². The molecule has 1 atom stereocenters. The number of aliphatic hydroxyl groups excluding tert-OH is 1. The molecule has 0 saturated carbocycles. The molecule has 2 aromatic rings. The quantitative estimate of drug-likeness (QED) is 0.688. The zero-order valence-electron chi connectivity index (χ0n) is 7.51. The van der Waals surface area contributed by atoms with Crippen molar-refractivity contribution in [1.29, 1.82) is 0 Å². The zero-order valence-corrected chi connectivity index (χ0v) is 9.14. The lowest BCUT2D eigenvalue weighted by molar-refractivity contribution is -0.710. The summed E-state index contributed by atoms with van der Waals surface area (Å²) in [5.74, 6) is 0.826. The van der Waals surface area contributed by atoms with Crippen molar-refractivity contribution in [3.8, 4) is 0 Å². The Morgan fingerprint density at radius 3 is 3.14 bits per heavy atom. The third kappa shape index (κ3) is 1.26. The van der Waals surface area contributed by atoms with Gasteiger partial charge in [-0.05, 0) is 17.8 Å². The lowest BCUT2D eigenvalue weighted by Gasteiger charge is -2.10. The highest BCUT2D eigenvalue weighted by molar-refractivity contribution is 8.01. The van der Waals surface area contributed by atoms with Gasteiger partial charge in [-0.25, -0.2) is 0 Å². The second-order valence-electron chi connectivity index (χ2n) is 3.41. The maximum absolute atomic E-state index is 9.60. The molecule has 2 heterocycles. The average Bonchev–Trinajstić information content (AvgIpc) is 2.56. The van der Waals surface area contributed by atoms with Crippen LogP contribution in [0, 0.1) is 0 Å². The molecule has 0 radical (unpaired) electrons. The number of hydrogen-bond acceptors (Lipinski definition) is 3. The van der Waals surface area contributed by atoms with E-state index in [1.54, 1.807) is 11.8 Å². The van der Waals surface area contributed by atoms with Gasteiger partial charge in [-0.3, -0.25) is 0 Å². The molecule has 1 aromatic carbocycles. The number of aliphatic hydroxyl groups is 1. The van der Waals surface area contributed by atoms with Crippen molar-refractivity contribution in [2.24, 2.45) is 0 Å². The highest BCUT2D eigenvalue weighted by Gasteiger charge is 2.28. The Labute approximate surface area is 90.2 Å². The number of benzene rings is 1. The van der Waals surface area contributed by atoms with Crippen LogP contribution in [-0.4, -0.2) is 17.0 Å². The predicted molar refractivity (Wildman–Crippen MR) is 58.8 cm³/mol. The van der Waals surface area contributed by atoms with Crippen LogP contribution in [0.25, 0.3) is 10.2 Å². The first-order valence-electron chi connectivity index (χ1n) is 4.57. The summed E-state index contributed by atoms with van der Waals surface area (Å²) in [5.41, 5.74) is 1.25. The zero-order chi connectivity index (χ0) is 9.54. The third-order valence-corrected chi connectivity index (χ3v) is 4.95. The molecule has 0 aliphatic carbocycles. The molecule has 1 unspecified atom stereocenters. The fourth-order valence-corrected chi connectivity index (χ4v) is 4.10. The van der Waals surface area contributed by atoms with E-state index in [-0.39, 0.29) is 6.10 Å². The van der Waals surface area contributed by atoms with E-state index in [9.17, 15) is 5.11 Å². The molecule has 0 bridgehead atoms. The second kappa shape index (κ2) is 3.22. The van der Waals surface area contributed by atoms with E-state index in [0.29, 0.717) is 0 Å². The maximum Gasteiger partial charge on any atom is 0.298 e. The molecule has 72 valence electrons. The maximum atomic E-state index is 9.60. The monoisotopic (exact) mass is 224 g/mol. The Hall–Kier alpha value is -0.580. The first-order chi connectivity index (χ1) is 6.84. The van der Waals surface area contributed by atoms with Crippen LogP contribution in [0.1, 0.15) is 0 Å². The molecule has 1 aliphatic rings. The van der Waals surface area contributed by atoms with Gasteiger partial charge in [-0.15, -0.1) is 0 Å². The summed E-state index contributed by atoms with van der Waals surface area (Å²) >= 11 is 3.57. The van der Waals surface area contributed by atoms with Crippen LogP contribution in [0.4, 0.5) is 0 Å². The smallest absolute Gasteiger partial charge is 0.298 e. The van der Waals surface area contributed by atoms with Crippen molar-refractivity contribution in [3.63, 3.8) is 0 Å². The Kier molecular flexibility index (Phi) is 2.00. The van der Waals surface area contributed by atoms with E-state index in [1.165, 1.54) is 14.6 Å². The van der Waals surface area contributed by atoms with Crippen molar-refractivity contribution < 1.29 is 9.67 Å². The summed E-state index contributed by atoms with van der Waals surface area (Å²) in [7, 11) is 0. The van der Waals surface area contributed by atoms with Crippen LogP contribution in [0.3, 0.4) is 0 Å². The van der Waals surface area contributed by atoms with Gasteiger partial charge in [0.1, 0.15) is 10.8 Å². The van der Waals surface area contributed by atoms with Crippen molar-refractivity contribution in [2.75, 3.05) is 5.75 Å². The summed E-state index contributed by atoms with van der Waals surface area (Å²) in [6, 6.07) is 8.37. The molecule has 0 amide bonds. The van der Waals surface area contributed by atoms with Gasteiger partial charge in [0.2, 0.25) is 5.52 Å². The van der Waals surface area contributed by atoms with E-state index < -0.39 is 0 Å². The SMILES string of the molecule is OC1CSc2sc3ccccc3[n+]2C1. The summed E-state index contributed by atoms with van der Waals surface area (Å²) in [5, 5.41) is 9.60. The van der Waals surface area contributed by atoms with Crippen molar-refractivity contribution in [1.82, 2.24) is 0 Å². The van der Waals surface area contributed by atoms with Gasteiger partial charge in [0.05, 0.1) is 0 Å². The minimum absolute atomic E-state index is 0.199. The summed E-state index contributed by atoms with van der Waals surface area (Å²) in [4.78, 5) is 0.